The van der Waals surface area contributed by atoms with Crippen molar-refractivity contribution in [2.75, 3.05) is 12.4 Å². The maximum atomic E-state index is 12.8. The average Bonchev–Trinajstić information content (AvgIpc) is 3.15. The number of carbonyl (C=O) groups is 2. The molecular weight excluding hydrogens is 398 g/mol. The summed E-state index contributed by atoms with van der Waals surface area (Å²) in [7, 11) is 1.60. The van der Waals surface area contributed by atoms with Gasteiger partial charge in [-0.2, -0.15) is 5.10 Å². The van der Waals surface area contributed by atoms with Crippen LogP contribution in [0.15, 0.2) is 59.7 Å². The van der Waals surface area contributed by atoms with Crippen molar-refractivity contribution >= 4 is 34.3 Å². The Bertz CT molecular complexity index is 951. The van der Waals surface area contributed by atoms with Gasteiger partial charge in [0.25, 0.3) is 5.91 Å². The number of nitrogens with zero attached hydrogens (tertiary/aromatic N) is 2. The molecule has 1 spiro atoms. The van der Waals surface area contributed by atoms with Gasteiger partial charge in [0.15, 0.2) is 5.04 Å². The van der Waals surface area contributed by atoms with Crippen molar-refractivity contribution in [3.63, 3.8) is 0 Å². The quantitative estimate of drug-likeness (QED) is 0.780. The molecule has 4 rings (SSSR count). The molecule has 2 amide bonds. The minimum atomic E-state index is -0.469. The molecule has 2 aromatic rings. The molecule has 2 aliphatic rings. The van der Waals surface area contributed by atoms with Crippen LogP contribution in [0.3, 0.4) is 0 Å². The molecule has 30 heavy (non-hydrogen) atoms. The van der Waals surface area contributed by atoms with Gasteiger partial charge in [0.2, 0.25) is 5.91 Å². The van der Waals surface area contributed by atoms with Crippen LogP contribution in [0.25, 0.3) is 0 Å². The molecule has 1 heterocycles. The van der Waals surface area contributed by atoms with Crippen LogP contribution in [0, 0.1) is 0 Å². The van der Waals surface area contributed by atoms with Crippen LogP contribution in [0.2, 0.25) is 0 Å². The first kappa shape index (κ1) is 20.5. The van der Waals surface area contributed by atoms with E-state index in [1.807, 2.05) is 6.07 Å². The van der Waals surface area contributed by atoms with Crippen molar-refractivity contribution in [3.05, 3.63) is 60.2 Å². The summed E-state index contributed by atoms with van der Waals surface area (Å²) in [5.74, 6) is 0.771. The number of amides is 2. The molecule has 1 fully saturated rings. The van der Waals surface area contributed by atoms with Gasteiger partial charge >= 0.3 is 0 Å². The molecule has 6 nitrogen and oxygen atoms in total. The molecule has 0 atom stereocenters. The Morgan fingerprint density at radius 3 is 2.37 bits per heavy atom. The van der Waals surface area contributed by atoms with Crippen molar-refractivity contribution in [2.24, 2.45) is 5.10 Å². The number of methoxy groups -OCH3 is 1. The number of ether oxygens (including phenoxy) is 1. The second-order valence-electron chi connectivity index (χ2n) is 7.65. The third kappa shape index (κ3) is 4.07. The van der Waals surface area contributed by atoms with Crippen molar-refractivity contribution in [2.45, 2.75) is 43.4 Å². The van der Waals surface area contributed by atoms with Gasteiger partial charge in [0.1, 0.15) is 10.6 Å². The molecule has 1 N–H and O–H groups in total. The first-order valence-corrected chi connectivity index (χ1v) is 10.9. The fourth-order valence-electron chi connectivity index (χ4n) is 4.17. The average molecular weight is 424 g/mol. The third-order valence-corrected chi connectivity index (χ3v) is 7.16. The highest BCUT2D eigenvalue weighted by Crippen LogP contribution is 2.50. The predicted molar refractivity (Wildman–Crippen MR) is 120 cm³/mol. The van der Waals surface area contributed by atoms with E-state index in [4.69, 9.17) is 4.74 Å². The van der Waals surface area contributed by atoms with E-state index in [0.29, 0.717) is 16.6 Å². The summed E-state index contributed by atoms with van der Waals surface area (Å²) in [6.45, 7) is 1.51. The van der Waals surface area contributed by atoms with Gasteiger partial charge in [0, 0.05) is 12.6 Å². The second kappa shape index (κ2) is 8.52. The number of nitrogens with one attached hydrogen (secondary N) is 1. The van der Waals surface area contributed by atoms with Crippen LogP contribution in [0.5, 0.6) is 5.75 Å². The van der Waals surface area contributed by atoms with Crippen molar-refractivity contribution < 1.29 is 14.3 Å². The maximum Gasteiger partial charge on any atom is 0.282 e. The maximum absolute atomic E-state index is 12.8. The fraction of sp³-hybridized carbons (Fsp3) is 0.348. The molecule has 1 aliphatic heterocycles. The molecule has 0 bridgehead atoms. The first-order valence-electron chi connectivity index (χ1n) is 10.1. The molecule has 0 unspecified atom stereocenters. The molecule has 1 saturated carbocycles. The standard InChI is InChI=1S/C23H25N3O3S/c1-16(27)26-23(14-12-18(13-15-23)17-6-4-3-5-7-17)30-22(25-26)21(28)24-19-8-10-20(29-2)11-9-19/h3-11,18H,12-15H2,1-2H3,(H,24,28). The Morgan fingerprint density at radius 2 is 1.77 bits per heavy atom. The number of rotatable bonds is 4. The molecule has 0 aromatic heterocycles. The van der Waals surface area contributed by atoms with Gasteiger partial charge in [-0.25, -0.2) is 5.01 Å². The molecule has 0 radical (unpaired) electrons. The van der Waals surface area contributed by atoms with Crippen LogP contribution < -0.4 is 10.1 Å². The molecule has 156 valence electrons. The molecule has 2 aromatic carbocycles. The summed E-state index contributed by atoms with van der Waals surface area (Å²) in [4.78, 5) is 24.7. The van der Waals surface area contributed by atoms with Gasteiger partial charge in [0.05, 0.1) is 7.11 Å². The zero-order valence-corrected chi connectivity index (χ0v) is 17.9. The van der Waals surface area contributed by atoms with E-state index in [1.54, 1.807) is 31.4 Å². The van der Waals surface area contributed by atoms with Crippen LogP contribution >= 0.6 is 11.8 Å². The fourth-order valence-corrected chi connectivity index (χ4v) is 5.50. The SMILES string of the molecule is COc1ccc(NC(=O)C2=NN(C(C)=O)C3(CCC(c4ccccc4)CC3)S2)cc1. The normalized spacial score (nSPS) is 23.2. The second-order valence-corrected chi connectivity index (χ2v) is 9.00. The number of anilines is 1. The summed E-state index contributed by atoms with van der Waals surface area (Å²) in [5, 5.41) is 9.15. The number of benzene rings is 2. The zero-order chi connectivity index (χ0) is 21.1. The van der Waals surface area contributed by atoms with Gasteiger partial charge in [-0.3, -0.25) is 9.59 Å². The molecule has 1 aliphatic carbocycles. The van der Waals surface area contributed by atoms with E-state index < -0.39 is 4.87 Å². The molecular formula is C23H25N3O3S. The number of hydrogen-bond donors (Lipinski definition) is 1. The van der Waals surface area contributed by atoms with Crippen LogP contribution in [0.4, 0.5) is 5.69 Å². The lowest BCUT2D eigenvalue weighted by molar-refractivity contribution is -0.132. The Hall–Kier alpha value is -2.80. The van der Waals surface area contributed by atoms with Crippen LogP contribution in [0.1, 0.15) is 44.1 Å². The molecule has 0 saturated heterocycles. The highest BCUT2D eigenvalue weighted by atomic mass is 32.2. The minimum absolute atomic E-state index is 0.132. The van der Waals surface area contributed by atoms with Crippen molar-refractivity contribution in [1.82, 2.24) is 5.01 Å². The lowest BCUT2D eigenvalue weighted by Crippen LogP contribution is -2.45. The van der Waals surface area contributed by atoms with Gasteiger partial charge in [-0.15, -0.1) is 0 Å². The van der Waals surface area contributed by atoms with E-state index in [-0.39, 0.29) is 11.8 Å². The number of hydrazone groups is 1. The van der Waals surface area contributed by atoms with E-state index in [9.17, 15) is 9.59 Å². The number of carbonyl (C=O) groups excluding carboxylic acids is 2. The Labute approximate surface area is 180 Å². The number of thioether (sulfide) groups is 1. The summed E-state index contributed by atoms with van der Waals surface area (Å²) < 4.78 is 5.15. The highest BCUT2D eigenvalue weighted by Gasteiger charge is 2.49. The summed E-state index contributed by atoms with van der Waals surface area (Å²) >= 11 is 1.42. The van der Waals surface area contributed by atoms with Crippen molar-refractivity contribution in [1.29, 1.82) is 0 Å². The van der Waals surface area contributed by atoms with Crippen LogP contribution in [-0.4, -0.2) is 33.8 Å². The van der Waals surface area contributed by atoms with E-state index >= 15 is 0 Å². The predicted octanol–water partition coefficient (Wildman–Crippen LogP) is 4.60. The minimum Gasteiger partial charge on any atom is -0.497 e. The van der Waals surface area contributed by atoms with E-state index in [1.165, 1.54) is 29.3 Å². The smallest absolute Gasteiger partial charge is 0.282 e. The lowest BCUT2D eigenvalue weighted by Gasteiger charge is -2.40. The Kier molecular flexibility index (Phi) is 5.81. The largest absolute Gasteiger partial charge is 0.497 e. The lowest BCUT2D eigenvalue weighted by atomic mass is 9.81. The Morgan fingerprint density at radius 1 is 1.10 bits per heavy atom. The monoisotopic (exact) mass is 423 g/mol. The first-order chi connectivity index (χ1) is 14.5. The van der Waals surface area contributed by atoms with Gasteiger partial charge in [-0.1, -0.05) is 42.1 Å². The van der Waals surface area contributed by atoms with Gasteiger partial charge < -0.3 is 10.1 Å². The highest BCUT2D eigenvalue weighted by molar-refractivity contribution is 8.17. The summed E-state index contributed by atoms with van der Waals surface area (Å²) in [6.07, 6.45) is 3.53. The number of hydrogen-bond acceptors (Lipinski definition) is 5. The summed E-state index contributed by atoms with van der Waals surface area (Å²) in [5.41, 5.74) is 2.00. The zero-order valence-electron chi connectivity index (χ0n) is 17.1. The van der Waals surface area contributed by atoms with Crippen LogP contribution in [-0.2, 0) is 9.59 Å². The van der Waals surface area contributed by atoms with E-state index in [0.717, 1.165) is 31.4 Å². The third-order valence-electron chi connectivity index (χ3n) is 5.74. The summed E-state index contributed by atoms with van der Waals surface area (Å²) in [6, 6.07) is 17.6. The van der Waals surface area contributed by atoms with Gasteiger partial charge in [-0.05, 0) is 61.4 Å². The topological polar surface area (TPSA) is 71.0 Å². The Balaban J connectivity index is 1.46. The van der Waals surface area contributed by atoms with E-state index in [2.05, 4.69) is 34.7 Å². The van der Waals surface area contributed by atoms with Crippen molar-refractivity contribution in [3.8, 4) is 5.75 Å². The molecule has 7 heteroatoms.